The first-order valence-corrected chi connectivity index (χ1v) is 6.04. The van der Waals surface area contributed by atoms with E-state index < -0.39 is 22.3 Å². The molecule has 0 radical (unpaired) electrons. The molecule has 0 atom stereocenters. The Kier molecular flexibility index (Phi) is 3.97. The minimum atomic E-state index is -1.05. The average molecular weight is 293 g/mol. The molecule has 1 aromatic heterocycles. The van der Waals surface area contributed by atoms with Crippen molar-refractivity contribution in [2.24, 2.45) is 0 Å². The van der Waals surface area contributed by atoms with E-state index in [1.54, 1.807) is 13.8 Å². The summed E-state index contributed by atoms with van der Waals surface area (Å²) in [5.74, 6) is -1.00. The summed E-state index contributed by atoms with van der Waals surface area (Å²) in [5.41, 5.74) is 0.732. The zero-order valence-corrected chi connectivity index (χ0v) is 11.3. The second-order valence-corrected chi connectivity index (χ2v) is 4.41. The fraction of sp³-hybridized carbons (Fsp3) is 0.231. The van der Waals surface area contributed by atoms with Gasteiger partial charge >= 0.3 is 5.69 Å². The molecule has 0 fully saturated rings. The van der Waals surface area contributed by atoms with Gasteiger partial charge in [0.2, 0.25) is 5.82 Å². The molecule has 2 aromatic rings. The van der Waals surface area contributed by atoms with Gasteiger partial charge in [0, 0.05) is 23.7 Å². The van der Waals surface area contributed by atoms with Crippen LogP contribution in [0.25, 0.3) is 0 Å². The molecule has 0 aliphatic rings. The Morgan fingerprint density at radius 2 is 2.19 bits per heavy atom. The lowest BCUT2D eigenvalue weighted by atomic mass is 10.1. The van der Waals surface area contributed by atoms with Crippen molar-refractivity contribution in [1.29, 1.82) is 0 Å². The van der Waals surface area contributed by atoms with Gasteiger partial charge in [-0.1, -0.05) is 5.16 Å². The van der Waals surface area contributed by atoms with Crippen LogP contribution in [0.5, 0.6) is 0 Å². The Balaban J connectivity index is 2.11. The lowest BCUT2D eigenvalue weighted by Gasteiger charge is -2.05. The third kappa shape index (κ3) is 3.04. The number of nitro benzene ring substituents is 1. The van der Waals surface area contributed by atoms with Crippen molar-refractivity contribution in [2.45, 2.75) is 20.4 Å². The number of halogens is 1. The zero-order chi connectivity index (χ0) is 15.6. The fourth-order valence-electron chi connectivity index (χ4n) is 1.82. The Morgan fingerprint density at radius 1 is 1.48 bits per heavy atom. The molecule has 21 heavy (non-hydrogen) atoms. The third-order valence-corrected chi connectivity index (χ3v) is 3.01. The van der Waals surface area contributed by atoms with Crippen molar-refractivity contribution in [1.82, 2.24) is 10.5 Å². The van der Waals surface area contributed by atoms with E-state index in [-0.39, 0.29) is 12.1 Å². The number of amides is 1. The predicted molar refractivity (Wildman–Crippen MR) is 70.2 cm³/mol. The first-order valence-electron chi connectivity index (χ1n) is 6.04. The van der Waals surface area contributed by atoms with Gasteiger partial charge in [-0.15, -0.1) is 0 Å². The van der Waals surface area contributed by atoms with Gasteiger partial charge in [-0.3, -0.25) is 14.9 Å². The molecular formula is C13H12FN3O4. The van der Waals surface area contributed by atoms with Gasteiger partial charge in [0.1, 0.15) is 5.76 Å². The number of nitrogens with zero attached hydrogens (tertiary/aromatic N) is 2. The van der Waals surface area contributed by atoms with E-state index in [9.17, 15) is 19.3 Å². The number of benzene rings is 1. The summed E-state index contributed by atoms with van der Waals surface area (Å²) in [6, 6.07) is 2.99. The number of aromatic nitrogens is 1. The maximum Gasteiger partial charge on any atom is 0.304 e. The molecule has 0 saturated carbocycles. The van der Waals surface area contributed by atoms with Gasteiger partial charge in [0.25, 0.3) is 5.91 Å². The van der Waals surface area contributed by atoms with Gasteiger partial charge in [-0.25, -0.2) is 0 Å². The monoisotopic (exact) mass is 293 g/mol. The van der Waals surface area contributed by atoms with Crippen LogP contribution in [-0.4, -0.2) is 16.0 Å². The fourth-order valence-corrected chi connectivity index (χ4v) is 1.82. The minimum Gasteiger partial charge on any atom is -0.361 e. The van der Waals surface area contributed by atoms with Crippen LogP contribution < -0.4 is 5.32 Å². The molecule has 0 aliphatic carbocycles. The normalized spacial score (nSPS) is 10.4. The molecule has 1 N–H and O–H groups in total. The molecule has 1 amide bonds. The van der Waals surface area contributed by atoms with E-state index in [2.05, 4.69) is 10.5 Å². The summed E-state index contributed by atoms with van der Waals surface area (Å²) in [6.07, 6.45) is 0. The first-order chi connectivity index (χ1) is 9.90. The largest absolute Gasteiger partial charge is 0.361 e. The Hall–Kier alpha value is -2.77. The number of nitro groups is 1. The van der Waals surface area contributed by atoms with Crippen molar-refractivity contribution in [2.75, 3.05) is 0 Å². The van der Waals surface area contributed by atoms with Crippen molar-refractivity contribution in [3.8, 4) is 0 Å². The lowest BCUT2D eigenvalue weighted by Crippen LogP contribution is -2.23. The van der Waals surface area contributed by atoms with E-state index in [1.165, 1.54) is 6.07 Å². The maximum absolute atomic E-state index is 13.5. The highest BCUT2D eigenvalue weighted by molar-refractivity contribution is 5.94. The zero-order valence-electron chi connectivity index (χ0n) is 11.3. The summed E-state index contributed by atoms with van der Waals surface area (Å²) < 4.78 is 18.4. The molecule has 110 valence electrons. The van der Waals surface area contributed by atoms with Crippen molar-refractivity contribution >= 4 is 11.6 Å². The summed E-state index contributed by atoms with van der Waals surface area (Å²) in [7, 11) is 0. The van der Waals surface area contributed by atoms with Gasteiger partial charge in [-0.2, -0.15) is 4.39 Å². The van der Waals surface area contributed by atoms with E-state index in [4.69, 9.17) is 4.52 Å². The molecule has 2 rings (SSSR count). The summed E-state index contributed by atoms with van der Waals surface area (Å²) in [6.45, 7) is 3.63. The highest BCUT2D eigenvalue weighted by Gasteiger charge is 2.17. The van der Waals surface area contributed by atoms with Gasteiger partial charge in [0.15, 0.2) is 0 Å². The molecule has 1 heterocycles. The molecule has 8 heteroatoms. The van der Waals surface area contributed by atoms with Crippen LogP contribution in [0, 0.1) is 29.8 Å². The van der Waals surface area contributed by atoms with Crippen LogP contribution in [0.4, 0.5) is 10.1 Å². The molecule has 0 saturated heterocycles. The van der Waals surface area contributed by atoms with Crippen molar-refractivity contribution in [3.05, 3.63) is 56.7 Å². The molecule has 7 nitrogen and oxygen atoms in total. The number of hydrogen-bond acceptors (Lipinski definition) is 5. The first kappa shape index (κ1) is 14.6. The number of carbonyl (C=O) groups excluding carboxylic acids is 1. The van der Waals surface area contributed by atoms with Crippen LogP contribution in [0.3, 0.4) is 0 Å². The molecule has 0 unspecified atom stereocenters. The van der Waals surface area contributed by atoms with E-state index in [1.807, 2.05) is 0 Å². The summed E-state index contributed by atoms with van der Waals surface area (Å²) in [4.78, 5) is 21.6. The average Bonchev–Trinajstić information content (AvgIpc) is 2.75. The van der Waals surface area contributed by atoms with Crippen LogP contribution in [0.15, 0.2) is 22.7 Å². The molecule has 0 aliphatic heterocycles. The number of hydrogen-bond donors (Lipinski definition) is 1. The van der Waals surface area contributed by atoms with Crippen LogP contribution in [0.2, 0.25) is 0 Å². The van der Waals surface area contributed by atoms with Gasteiger partial charge in [0.05, 0.1) is 10.6 Å². The quantitative estimate of drug-likeness (QED) is 0.688. The number of rotatable bonds is 4. The highest BCUT2D eigenvalue weighted by atomic mass is 19.1. The van der Waals surface area contributed by atoms with E-state index in [0.29, 0.717) is 11.5 Å². The Bertz CT molecular complexity index is 692. The second-order valence-electron chi connectivity index (χ2n) is 4.41. The Morgan fingerprint density at radius 3 is 2.71 bits per heavy atom. The lowest BCUT2D eigenvalue weighted by molar-refractivity contribution is -0.387. The highest BCUT2D eigenvalue weighted by Crippen LogP contribution is 2.18. The van der Waals surface area contributed by atoms with Crippen LogP contribution in [-0.2, 0) is 6.54 Å². The maximum atomic E-state index is 13.5. The van der Waals surface area contributed by atoms with E-state index in [0.717, 1.165) is 17.7 Å². The number of aryl methyl sites for hydroxylation is 2. The Labute approximate surface area is 118 Å². The minimum absolute atomic E-state index is 0.00450. The van der Waals surface area contributed by atoms with Crippen LogP contribution >= 0.6 is 0 Å². The van der Waals surface area contributed by atoms with Crippen molar-refractivity contribution in [3.63, 3.8) is 0 Å². The van der Waals surface area contributed by atoms with Crippen molar-refractivity contribution < 1.29 is 18.6 Å². The summed E-state index contributed by atoms with van der Waals surface area (Å²) >= 11 is 0. The predicted octanol–water partition coefficient (Wildman–Crippen LogP) is 2.27. The SMILES string of the molecule is Cc1noc(C)c1CNC(=O)c1ccc([N+](=O)[O-])c(F)c1. The molecular weight excluding hydrogens is 281 g/mol. The topological polar surface area (TPSA) is 98.3 Å². The summed E-state index contributed by atoms with van der Waals surface area (Å²) in [5, 5.41) is 16.8. The second kappa shape index (κ2) is 5.70. The molecule has 1 aromatic carbocycles. The third-order valence-electron chi connectivity index (χ3n) is 3.01. The van der Waals surface area contributed by atoms with Crippen LogP contribution in [0.1, 0.15) is 27.4 Å². The van der Waals surface area contributed by atoms with Gasteiger partial charge < -0.3 is 9.84 Å². The number of nitrogens with one attached hydrogen (secondary N) is 1. The molecule has 0 bridgehead atoms. The standard InChI is InChI=1S/C13H12FN3O4/c1-7-10(8(2)21-16-7)6-15-13(18)9-3-4-12(17(19)20)11(14)5-9/h3-5H,6H2,1-2H3,(H,15,18). The molecule has 0 spiro atoms. The van der Waals surface area contributed by atoms with Gasteiger partial charge in [-0.05, 0) is 26.0 Å². The smallest absolute Gasteiger partial charge is 0.304 e. The van der Waals surface area contributed by atoms with E-state index >= 15 is 0 Å². The number of carbonyl (C=O) groups is 1.